The number of nitriles is 1. The van der Waals surface area contributed by atoms with Gasteiger partial charge in [-0.2, -0.15) is 5.26 Å². The molecule has 1 aromatic rings. The number of benzene rings is 1. The van der Waals surface area contributed by atoms with E-state index in [9.17, 15) is 0 Å². The first-order valence-electron chi connectivity index (χ1n) is 4.96. The van der Waals surface area contributed by atoms with Crippen molar-refractivity contribution in [1.29, 1.82) is 5.26 Å². The Morgan fingerprint density at radius 3 is 3.07 bits per heavy atom. The summed E-state index contributed by atoms with van der Waals surface area (Å²) in [6, 6.07) is 8.37. The standard InChI is InChI=1S/C11H12BrN3/c12-9-1-2-11(8(5-9)6-13)15-10-3-4-14-7-10/h1-2,5,10,14-15H,3-4,7H2. The molecule has 1 aliphatic heterocycles. The molecule has 78 valence electrons. The highest BCUT2D eigenvalue weighted by Gasteiger charge is 2.15. The fourth-order valence-electron chi connectivity index (χ4n) is 1.73. The van der Waals surface area contributed by atoms with Crippen LogP contribution in [-0.4, -0.2) is 19.1 Å². The predicted octanol–water partition coefficient (Wildman–Crippen LogP) is 2.09. The highest BCUT2D eigenvalue weighted by atomic mass is 79.9. The third kappa shape index (κ3) is 2.49. The molecule has 0 amide bonds. The summed E-state index contributed by atoms with van der Waals surface area (Å²) in [5, 5.41) is 15.7. The van der Waals surface area contributed by atoms with E-state index in [1.165, 1.54) is 0 Å². The van der Waals surface area contributed by atoms with Gasteiger partial charge in [-0.3, -0.25) is 0 Å². The number of nitrogens with zero attached hydrogens (tertiary/aromatic N) is 1. The number of nitrogens with one attached hydrogen (secondary N) is 2. The SMILES string of the molecule is N#Cc1cc(Br)ccc1NC1CCNC1. The Bertz CT molecular complexity index is 391. The molecule has 0 radical (unpaired) electrons. The Labute approximate surface area is 97.6 Å². The van der Waals surface area contributed by atoms with Crippen molar-refractivity contribution in [3.8, 4) is 6.07 Å². The van der Waals surface area contributed by atoms with Gasteiger partial charge in [-0.1, -0.05) is 15.9 Å². The molecule has 0 saturated carbocycles. The first kappa shape index (κ1) is 10.5. The molecule has 0 aliphatic carbocycles. The average Bonchev–Trinajstić information content (AvgIpc) is 2.73. The van der Waals surface area contributed by atoms with Crippen molar-refractivity contribution in [2.75, 3.05) is 18.4 Å². The van der Waals surface area contributed by atoms with Crippen molar-refractivity contribution in [1.82, 2.24) is 5.32 Å². The van der Waals surface area contributed by atoms with Gasteiger partial charge in [0.15, 0.2) is 0 Å². The smallest absolute Gasteiger partial charge is 0.101 e. The summed E-state index contributed by atoms with van der Waals surface area (Å²) in [5.74, 6) is 0. The lowest BCUT2D eigenvalue weighted by molar-refractivity contribution is 0.793. The third-order valence-corrected chi connectivity index (χ3v) is 3.02. The Kier molecular flexibility index (Phi) is 3.24. The minimum atomic E-state index is 0.443. The van der Waals surface area contributed by atoms with E-state index in [2.05, 4.69) is 32.6 Å². The number of rotatable bonds is 2. The molecule has 1 unspecified atom stereocenters. The van der Waals surface area contributed by atoms with E-state index in [-0.39, 0.29) is 0 Å². The minimum Gasteiger partial charge on any atom is -0.380 e. The summed E-state index contributed by atoms with van der Waals surface area (Å²) in [6.07, 6.45) is 1.11. The molecule has 0 aromatic heterocycles. The molecule has 0 bridgehead atoms. The predicted molar refractivity (Wildman–Crippen MR) is 63.8 cm³/mol. The van der Waals surface area contributed by atoms with E-state index in [1.807, 2.05) is 18.2 Å². The molecule has 15 heavy (non-hydrogen) atoms. The van der Waals surface area contributed by atoms with Crippen LogP contribution in [-0.2, 0) is 0 Å². The van der Waals surface area contributed by atoms with Crippen molar-refractivity contribution >= 4 is 21.6 Å². The fourth-order valence-corrected chi connectivity index (χ4v) is 2.09. The maximum atomic E-state index is 8.99. The van der Waals surface area contributed by atoms with Crippen LogP contribution in [0.2, 0.25) is 0 Å². The van der Waals surface area contributed by atoms with Gasteiger partial charge in [-0.25, -0.2) is 0 Å². The van der Waals surface area contributed by atoms with E-state index in [4.69, 9.17) is 5.26 Å². The molecule has 1 saturated heterocycles. The summed E-state index contributed by atoms with van der Waals surface area (Å²) in [5.41, 5.74) is 1.62. The van der Waals surface area contributed by atoms with Gasteiger partial charge >= 0.3 is 0 Å². The zero-order chi connectivity index (χ0) is 10.7. The van der Waals surface area contributed by atoms with Gasteiger partial charge in [-0.15, -0.1) is 0 Å². The summed E-state index contributed by atoms with van der Waals surface area (Å²) in [6.45, 7) is 2.02. The highest BCUT2D eigenvalue weighted by molar-refractivity contribution is 9.10. The van der Waals surface area contributed by atoms with Crippen LogP contribution in [0.1, 0.15) is 12.0 Å². The lowest BCUT2D eigenvalue weighted by atomic mass is 10.1. The Morgan fingerprint density at radius 2 is 2.40 bits per heavy atom. The van der Waals surface area contributed by atoms with Crippen LogP contribution in [0.5, 0.6) is 0 Å². The molecule has 0 spiro atoms. The maximum Gasteiger partial charge on any atom is 0.101 e. The van der Waals surface area contributed by atoms with Gasteiger partial charge < -0.3 is 10.6 Å². The monoisotopic (exact) mass is 265 g/mol. The lowest BCUT2D eigenvalue weighted by Crippen LogP contribution is -2.22. The van der Waals surface area contributed by atoms with E-state index < -0.39 is 0 Å². The zero-order valence-electron chi connectivity index (χ0n) is 8.26. The van der Waals surface area contributed by atoms with Crippen molar-refractivity contribution in [2.24, 2.45) is 0 Å². The van der Waals surface area contributed by atoms with Crippen LogP contribution in [0, 0.1) is 11.3 Å². The molecule has 1 fully saturated rings. The molecule has 3 nitrogen and oxygen atoms in total. The fraction of sp³-hybridized carbons (Fsp3) is 0.364. The van der Waals surface area contributed by atoms with Gasteiger partial charge in [-0.05, 0) is 31.2 Å². The average molecular weight is 266 g/mol. The summed E-state index contributed by atoms with van der Waals surface area (Å²) >= 11 is 3.36. The largest absolute Gasteiger partial charge is 0.380 e. The number of hydrogen-bond acceptors (Lipinski definition) is 3. The van der Waals surface area contributed by atoms with Crippen LogP contribution < -0.4 is 10.6 Å². The first-order chi connectivity index (χ1) is 7.29. The van der Waals surface area contributed by atoms with Gasteiger partial charge in [0.05, 0.1) is 11.3 Å². The van der Waals surface area contributed by atoms with Crippen molar-refractivity contribution < 1.29 is 0 Å². The lowest BCUT2D eigenvalue weighted by Gasteiger charge is -2.14. The molecule has 4 heteroatoms. The number of anilines is 1. The van der Waals surface area contributed by atoms with Gasteiger partial charge in [0.2, 0.25) is 0 Å². The minimum absolute atomic E-state index is 0.443. The molecule has 2 rings (SSSR count). The molecule has 1 aliphatic rings. The quantitative estimate of drug-likeness (QED) is 0.861. The second-order valence-corrected chi connectivity index (χ2v) is 4.55. The topological polar surface area (TPSA) is 47.9 Å². The van der Waals surface area contributed by atoms with E-state index in [0.29, 0.717) is 11.6 Å². The van der Waals surface area contributed by atoms with E-state index in [1.54, 1.807) is 0 Å². The third-order valence-electron chi connectivity index (χ3n) is 2.52. The number of hydrogen-bond donors (Lipinski definition) is 2. The number of halogens is 1. The molecule has 1 atom stereocenters. The Hall–Kier alpha value is -1.05. The second-order valence-electron chi connectivity index (χ2n) is 3.64. The van der Waals surface area contributed by atoms with Crippen molar-refractivity contribution in [2.45, 2.75) is 12.5 Å². The molecule has 1 aromatic carbocycles. The van der Waals surface area contributed by atoms with Gasteiger partial charge in [0, 0.05) is 17.1 Å². The van der Waals surface area contributed by atoms with Crippen molar-refractivity contribution in [3.63, 3.8) is 0 Å². The van der Waals surface area contributed by atoms with E-state index >= 15 is 0 Å². The normalized spacial score (nSPS) is 19.9. The summed E-state index contributed by atoms with van der Waals surface area (Å²) in [4.78, 5) is 0. The van der Waals surface area contributed by atoms with Crippen molar-refractivity contribution in [3.05, 3.63) is 28.2 Å². The second kappa shape index (κ2) is 4.65. The van der Waals surface area contributed by atoms with Crippen LogP contribution in [0.15, 0.2) is 22.7 Å². The van der Waals surface area contributed by atoms with Crippen LogP contribution in [0.25, 0.3) is 0 Å². The van der Waals surface area contributed by atoms with Crippen LogP contribution in [0.3, 0.4) is 0 Å². The van der Waals surface area contributed by atoms with Crippen LogP contribution in [0.4, 0.5) is 5.69 Å². The molecule has 2 N–H and O–H groups in total. The van der Waals surface area contributed by atoms with Gasteiger partial charge in [0.25, 0.3) is 0 Å². The van der Waals surface area contributed by atoms with E-state index in [0.717, 1.165) is 29.7 Å². The Balaban J connectivity index is 2.16. The molecular weight excluding hydrogens is 254 g/mol. The summed E-state index contributed by atoms with van der Waals surface area (Å²) < 4.78 is 0.939. The first-order valence-corrected chi connectivity index (χ1v) is 5.76. The highest BCUT2D eigenvalue weighted by Crippen LogP contribution is 2.21. The van der Waals surface area contributed by atoms with Crippen LogP contribution >= 0.6 is 15.9 Å². The maximum absolute atomic E-state index is 8.99. The Morgan fingerprint density at radius 1 is 1.53 bits per heavy atom. The van der Waals surface area contributed by atoms with Gasteiger partial charge in [0.1, 0.15) is 6.07 Å². The summed E-state index contributed by atoms with van der Waals surface area (Å²) in [7, 11) is 0. The molecular formula is C11H12BrN3. The molecule has 1 heterocycles. The zero-order valence-corrected chi connectivity index (χ0v) is 9.84.